The third-order valence-corrected chi connectivity index (χ3v) is 2.69. The summed E-state index contributed by atoms with van der Waals surface area (Å²) in [7, 11) is 0. The monoisotopic (exact) mass is 194 g/mol. The van der Waals surface area contributed by atoms with Crippen molar-refractivity contribution < 1.29 is 0 Å². The lowest BCUT2D eigenvalue weighted by molar-refractivity contribution is 0.344. The number of aromatic nitrogens is 3. The minimum absolute atomic E-state index is 0.424. The Balaban J connectivity index is 2.07. The molecule has 1 N–H and O–H groups in total. The van der Waals surface area contributed by atoms with Gasteiger partial charge in [0, 0.05) is 12.5 Å². The van der Waals surface area contributed by atoms with E-state index in [0.29, 0.717) is 12.0 Å². The quantitative estimate of drug-likeness (QED) is 0.772. The van der Waals surface area contributed by atoms with Crippen molar-refractivity contribution in [1.82, 2.24) is 20.1 Å². The summed E-state index contributed by atoms with van der Waals surface area (Å²) in [6, 6.07) is 0.503. The number of nitrogens with zero attached hydrogens (tertiary/aromatic N) is 3. The van der Waals surface area contributed by atoms with Crippen LogP contribution < -0.4 is 5.32 Å². The van der Waals surface area contributed by atoms with Crippen molar-refractivity contribution >= 4 is 0 Å². The molecule has 78 valence electrons. The normalized spacial score (nSPS) is 22.9. The molecule has 0 saturated carbocycles. The zero-order chi connectivity index (χ0) is 9.97. The Morgan fingerprint density at radius 3 is 3.00 bits per heavy atom. The molecule has 0 radical (unpaired) electrons. The molecule has 0 amide bonds. The lowest BCUT2D eigenvalue weighted by Gasteiger charge is -2.22. The van der Waals surface area contributed by atoms with Crippen LogP contribution in [0.5, 0.6) is 0 Å². The third-order valence-electron chi connectivity index (χ3n) is 2.69. The van der Waals surface area contributed by atoms with E-state index in [-0.39, 0.29) is 0 Å². The zero-order valence-electron chi connectivity index (χ0n) is 8.90. The van der Waals surface area contributed by atoms with E-state index in [1.54, 1.807) is 0 Å². The fourth-order valence-corrected chi connectivity index (χ4v) is 1.79. The first-order chi connectivity index (χ1) is 6.77. The minimum atomic E-state index is 0.424. The predicted molar refractivity (Wildman–Crippen MR) is 55.3 cm³/mol. The molecule has 0 aliphatic carbocycles. The molecular formula is C10H18N4. The van der Waals surface area contributed by atoms with Crippen LogP contribution in [0.2, 0.25) is 0 Å². The van der Waals surface area contributed by atoms with E-state index in [0.717, 1.165) is 18.9 Å². The molecule has 2 rings (SSSR count). The van der Waals surface area contributed by atoms with Crippen LogP contribution in [0.1, 0.15) is 44.5 Å². The van der Waals surface area contributed by atoms with Crippen LogP contribution in [0, 0.1) is 0 Å². The maximum absolute atomic E-state index is 4.50. The van der Waals surface area contributed by atoms with Crippen molar-refractivity contribution in [2.75, 3.05) is 13.1 Å². The molecule has 1 atom stereocenters. The van der Waals surface area contributed by atoms with Crippen molar-refractivity contribution in [2.24, 2.45) is 0 Å². The van der Waals surface area contributed by atoms with Crippen LogP contribution in [-0.4, -0.2) is 27.9 Å². The summed E-state index contributed by atoms with van der Waals surface area (Å²) >= 11 is 0. The molecule has 2 heterocycles. The molecule has 0 spiro atoms. The van der Waals surface area contributed by atoms with Gasteiger partial charge in [-0.1, -0.05) is 13.8 Å². The number of piperidine rings is 1. The van der Waals surface area contributed by atoms with Gasteiger partial charge in [-0.25, -0.2) is 9.67 Å². The summed E-state index contributed by atoms with van der Waals surface area (Å²) in [6.45, 7) is 6.42. The first kappa shape index (κ1) is 9.65. The smallest absolute Gasteiger partial charge is 0.153 e. The van der Waals surface area contributed by atoms with E-state index in [4.69, 9.17) is 0 Å². The van der Waals surface area contributed by atoms with Crippen LogP contribution in [0.15, 0.2) is 6.33 Å². The molecular weight excluding hydrogens is 176 g/mol. The van der Waals surface area contributed by atoms with Gasteiger partial charge in [-0.05, 0) is 19.4 Å². The predicted octanol–water partition coefficient (Wildman–Crippen LogP) is 1.33. The topological polar surface area (TPSA) is 42.7 Å². The first-order valence-electron chi connectivity index (χ1n) is 5.39. The Morgan fingerprint density at radius 1 is 1.57 bits per heavy atom. The Hall–Kier alpha value is -0.900. The fraction of sp³-hybridized carbons (Fsp3) is 0.800. The molecule has 0 unspecified atom stereocenters. The second kappa shape index (κ2) is 4.09. The van der Waals surface area contributed by atoms with Gasteiger partial charge in [0.2, 0.25) is 0 Å². The average molecular weight is 194 g/mol. The van der Waals surface area contributed by atoms with Gasteiger partial charge in [-0.2, -0.15) is 5.10 Å². The number of hydrogen-bond acceptors (Lipinski definition) is 3. The van der Waals surface area contributed by atoms with Gasteiger partial charge in [-0.15, -0.1) is 0 Å². The van der Waals surface area contributed by atoms with Crippen LogP contribution in [0.25, 0.3) is 0 Å². The molecule has 14 heavy (non-hydrogen) atoms. The average Bonchev–Trinajstić information content (AvgIpc) is 2.68. The van der Waals surface area contributed by atoms with Crippen molar-refractivity contribution in [3.8, 4) is 0 Å². The van der Waals surface area contributed by atoms with Crippen molar-refractivity contribution in [3.05, 3.63) is 12.2 Å². The lowest BCUT2D eigenvalue weighted by atomic mass is 10.1. The van der Waals surface area contributed by atoms with Gasteiger partial charge in [0.25, 0.3) is 0 Å². The molecule has 1 aromatic heterocycles. The highest BCUT2D eigenvalue weighted by atomic mass is 15.4. The Morgan fingerprint density at radius 2 is 2.43 bits per heavy atom. The highest BCUT2D eigenvalue weighted by Crippen LogP contribution is 2.16. The number of nitrogens with one attached hydrogen (secondary N) is 1. The van der Waals surface area contributed by atoms with E-state index >= 15 is 0 Å². The van der Waals surface area contributed by atoms with Crippen molar-refractivity contribution in [1.29, 1.82) is 0 Å². The molecule has 1 aliphatic rings. The summed E-state index contributed by atoms with van der Waals surface area (Å²) in [5.74, 6) is 1.38. The first-order valence-corrected chi connectivity index (χ1v) is 5.39. The van der Waals surface area contributed by atoms with Gasteiger partial charge in [0.05, 0.1) is 6.04 Å². The molecule has 4 nitrogen and oxygen atoms in total. The van der Waals surface area contributed by atoms with E-state index < -0.39 is 0 Å². The van der Waals surface area contributed by atoms with Crippen molar-refractivity contribution in [2.45, 2.75) is 38.6 Å². The molecule has 0 bridgehead atoms. The Bertz CT molecular complexity index is 286. The second-order valence-corrected chi connectivity index (χ2v) is 4.24. The number of hydrogen-bond donors (Lipinski definition) is 1. The Labute approximate surface area is 84.7 Å². The Kier molecular flexibility index (Phi) is 2.82. The molecule has 1 aromatic rings. The van der Waals surface area contributed by atoms with Gasteiger partial charge >= 0.3 is 0 Å². The zero-order valence-corrected chi connectivity index (χ0v) is 8.90. The van der Waals surface area contributed by atoms with Crippen LogP contribution in [0.4, 0.5) is 0 Å². The van der Waals surface area contributed by atoms with Gasteiger partial charge in [0.1, 0.15) is 6.33 Å². The largest absolute Gasteiger partial charge is 0.315 e. The molecule has 1 aliphatic heterocycles. The second-order valence-electron chi connectivity index (χ2n) is 4.24. The molecule has 4 heteroatoms. The maximum Gasteiger partial charge on any atom is 0.153 e. The van der Waals surface area contributed by atoms with Crippen LogP contribution in [0.3, 0.4) is 0 Å². The van der Waals surface area contributed by atoms with Gasteiger partial charge in [0.15, 0.2) is 5.82 Å². The minimum Gasteiger partial charge on any atom is -0.315 e. The van der Waals surface area contributed by atoms with Crippen LogP contribution in [-0.2, 0) is 0 Å². The van der Waals surface area contributed by atoms with Gasteiger partial charge < -0.3 is 5.32 Å². The SMILES string of the molecule is CC(C)c1ncn([C@@H]2CCCNC2)n1. The molecule has 0 aromatic carbocycles. The van der Waals surface area contributed by atoms with E-state index in [9.17, 15) is 0 Å². The van der Waals surface area contributed by atoms with E-state index in [1.807, 2.05) is 11.0 Å². The van der Waals surface area contributed by atoms with Crippen LogP contribution >= 0.6 is 0 Å². The van der Waals surface area contributed by atoms with E-state index in [2.05, 4.69) is 29.2 Å². The highest BCUT2D eigenvalue weighted by molar-refractivity contribution is 4.90. The lowest BCUT2D eigenvalue weighted by Crippen LogP contribution is -2.31. The third kappa shape index (κ3) is 1.95. The standard InChI is InChI=1S/C10H18N4/c1-8(2)10-12-7-14(13-10)9-4-3-5-11-6-9/h7-9,11H,3-6H2,1-2H3/t9-/m1/s1. The fourth-order valence-electron chi connectivity index (χ4n) is 1.79. The summed E-state index contributed by atoms with van der Waals surface area (Å²) in [5.41, 5.74) is 0. The van der Waals surface area contributed by atoms with Crippen molar-refractivity contribution in [3.63, 3.8) is 0 Å². The summed E-state index contributed by atoms with van der Waals surface area (Å²) in [5, 5.41) is 7.88. The highest BCUT2D eigenvalue weighted by Gasteiger charge is 2.16. The van der Waals surface area contributed by atoms with E-state index in [1.165, 1.54) is 12.8 Å². The summed E-state index contributed by atoms with van der Waals surface area (Å²) < 4.78 is 2.02. The maximum atomic E-state index is 4.50. The molecule has 1 fully saturated rings. The molecule has 1 saturated heterocycles. The summed E-state index contributed by atoms with van der Waals surface area (Å²) in [4.78, 5) is 4.31. The summed E-state index contributed by atoms with van der Waals surface area (Å²) in [6.07, 6.45) is 4.32. The number of rotatable bonds is 2. The van der Waals surface area contributed by atoms with Gasteiger partial charge in [-0.3, -0.25) is 0 Å².